The largest absolute Gasteiger partial charge is 0.465 e. The highest BCUT2D eigenvalue weighted by Crippen LogP contribution is 2.32. The van der Waals surface area contributed by atoms with Crippen molar-refractivity contribution in [3.63, 3.8) is 0 Å². The molecule has 0 atom stereocenters. The number of rotatable bonds is 6. The van der Waals surface area contributed by atoms with Crippen LogP contribution >= 0.6 is 34.9 Å². The summed E-state index contributed by atoms with van der Waals surface area (Å²) in [6.45, 7) is 0. The molecule has 1 aromatic heterocycles. The van der Waals surface area contributed by atoms with Crippen LogP contribution in [0.1, 0.15) is 41.4 Å². The zero-order valence-corrected chi connectivity index (χ0v) is 18.6. The quantitative estimate of drug-likeness (QED) is 0.384. The summed E-state index contributed by atoms with van der Waals surface area (Å²) < 4.78 is 10.0. The maximum Gasteiger partial charge on any atom is 0.337 e. The second-order valence-corrected chi connectivity index (χ2v) is 9.17. The van der Waals surface area contributed by atoms with Crippen LogP contribution in [0.5, 0.6) is 0 Å². The van der Waals surface area contributed by atoms with Crippen LogP contribution in [0.15, 0.2) is 57.2 Å². The van der Waals surface area contributed by atoms with Crippen LogP contribution in [-0.2, 0) is 9.47 Å². The maximum absolute atomic E-state index is 12.4. The third-order valence-corrected chi connectivity index (χ3v) is 6.70. The molecular weight excluding hydrogens is 460 g/mol. The summed E-state index contributed by atoms with van der Waals surface area (Å²) in [5, 5.41) is 7.34. The molecule has 0 N–H and O–H groups in total. The Morgan fingerprint density at radius 3 is 1.29 bits per heavy atom. The molecule has 0 radical (unpaired) electrons. The van der Waals surface area contributed by atoms with Crippen molar-refractivity contribution in [2.45, 2.75) is 8.68 Å². The average molecular weight is 475 g/mol. The van der Waals surface area contributed by atoms with Gasteiger partial charge in [0.25, 0.3) is 0 Å². The molecule has 8 nitrogen and oxygen atoms in total. The lowest BCUT2D eigenvalue weighted by Crippen LogP contribution is -2.01. The molecule has 2 aromatic carbocycles. The topological polar surface area (TPSA) is 113 Å². The third-order valence-electron chi connectivity index (χ3n) is 3.83. The highest BCUT2D eigenvalue weighted by molar-refractivity contribution is 8.17. The van der Waals surface area contributed by atoms with Crippen molar-refractivity contribution in [3.8, 4) is 0 Å². The first-order valence-electron chi connectivity index (χ1n) is 8.56. The van der Waals surface area contributed by atoms with E-state index in [1.54, 1.807) is 0 Å². The van der Waals surface area contributed by atoms with Gasteiger partial charge in [-0.3, -0.25) is 9.59 Å². The fourth-order valence-corrected chi connectivity index (χ4v) is 5.00. The zero-order valence-electron chi connectivity index (χ0n) is 16.2. The van der Waals surface area contributed by atoms with Crippen LogP contribution in [-0.4, -0.2) is 46.6 Å². The lowest BCUT2D eigenvalue weighted by Gasteiger charge is -2.01. The van der Waals surface area contributed by atoms with E-state index in [4.69, 9.17) is 0 Å². The predicted octanol–water partition coefficient (Wildman–Crippen LogP) is 3.98. The Kier molecular flexibility index (Phi) is 7.55. The summed E-state index contributed by atoms with van der Waals surface area (Å²) in [5.74, 6) is -0.968. The Hall–Kier alpha value is -3.02. The molecule has 3 rings (SSSR count). The van der Waals surface area contributed by atoms with E-state index in [2.05, 4.69) is 19.7 Å². The number of benzene rings is 2. The van der Waals surface area contributed by atoms with E-state index in [0.717, 1.165) is 34.9 Å². The van der Waals surface area contributed by atoms with Crippen LogP contribution in [0.25, 0.3) is 0 Å². The molecule has 0 unspecified atom stereocenters. The van der Waals surface area contributed by atoms with Crippen molar-refractivity contribution in [2.75, 3.05) is 14.2 Å². The molecule has 1 heterocycles. The SMILES string of the molecule is COC(=O)c1ccc(C(=O)Sc2nnc(SC(=O)c3ccc(C(=O)OC)cc3)s2)cc1. The number of aromatic nitrogens is 2. The van der Waals surface area contributed by atoms with Crippen LogP contribution in [0, 0.1) is 0 Å². The number of carbonyl (C=O) groups is 4. The Morgan fingerprint density at radius 1 is 0.645 bits per heavy atom. The number of esters is 2. The monoisotopic (exact) mass is 474 g/mol. The van der Waals surface area contributed by atoms with Gasteiger partial charge in [0.15, 0.2) is 8.68 Å². The summed E-state index contributed by atoms with van der Waals surface area (Å²) >= 11 is 2.88. The van der Waals surface area contributed by atoms with Crippen molar-refractivity contribution in [1.82, 2.24) is 10.2 Å². The molecule has 0 spiro atoms. The Bertz CT molecular complexity index is 1040. The minimum atomic E-state index is -0.484. The van der Waals surface area contributed by atoms with Gasteiger partial charge < -0.3 is 9.47 Å². The Labute approximate surface area is 189 Å². The molecule has 0 saturated carbocycles. The number of hydrogen-bond donors (Lipinski definition) is 0. The smallest absolute Gasteiger partial charge is 0.337 e. The Morgan fingerprint density at radius 2 is 0.968 bits per heavy atom. The van der Waals surface area contributed by atoms with Gasteiger partial charge in [-0.25, -0.2) is 9.59 Å². The second kappa shape index (κ2) is 10.3. The summed E-state index contributed by atoms with van der Waals surface area (Å²) in [4.78, 5) is 47.7. The van der Waals surface area contributed by atoms with Gasteiger partial charge in [-0.05, 0) is 72.1 Å². The minimum absolute atomic E-state index is 0.270. The molecule has 0 amide bonds. The van der Waals surface area contributed by atoms with Crippen LogP contribution in [0.4, 0.5) is 0 Å². The standard InChI is InChI=1S/C20H14N2O6S3/c1-27-15(23)11-3-7-13(8-4-11)17(25)29-19-21-22-20(31-19)30-18(26)14-9-5-12(6-10-14)16(24)28-2/h3-10H,1-2H3. The maximum atomic E-state index is 12.4. The predicted molar refractivity (Wildman–Crippen MR) is 116 cm³/mol. The van der Waals surface area contributed by atoms with E-state index in [1.165, 1.54) is 62.8 Å². The van der Waals surface area contributed by atoms with E-state index in [0.29, 0.717) is 30.9 Å². The number of hydrogen-bond acceptors (Lipinski definition) is 11. The summed E-state index contributed by atoms with van der Waals surface area (Å²) in [5.41, 5.74) is 1.47. The zero-order chi connectivity index (χ0) is 22.4. The molecule has 0 aliphatic heterocycles. The first-order chi connectivity index (χ1) is 14.9. The van der Waals surface area contributed by atoms with E-state index >= 15 is 0 Å². The third kappa shape index (κ3) is 5.78. The first-order valence-corrected chi connectivity index (χ1v) is 11.0. The van der Waals surface area contributed by atoms with Gasteiger partial charge in [0, 0.05) is 11.1 Å². The summed E-state index contributed by atoms with van der Waals surface area (Å²) in [6.07, 6.45) is 0. The summed E-state index contributed by atoms with van der Waals surface area (Å²) in [6, 6.07) is 12.1. The average Bonchev–Trinajstić information content (AvgIpc) is 3.24. The molecule has 0 bridgehead atoms. The molecule has 31 heavy (non-hydrogen) atoms. The van der Waals surface area contributed by atoms with Gasteiger partial charge in [0.1, 0.15) is 0 Å². The molecule has 11 heteroatoms. The van der Waals surface area contributed by atoms with Crippen molar-refractivity contribution in [3.05, 3.63) is 70.8 Å². The number of carbonyl (C=O) groups excluding carboxylic acids is 4. The number of methoxy groups -OCH3 is 2. The second-order valence-electron chi connectivity index (χ2n) is 5.75. The molecule has 0 aliphatic rings. The number of ether oxygens (including phenoxy) is 2. The van der Waals surface area contributed by atoms with Gasteiger partial charge in [-0.2, -0.15) is 0 Å². The summed E-state index contributed by atoms with van der Waals surface area (Å²) in [7, 11) is 2.56. The van der Waals surface area contributed by atoms with E-state index in [-0.39, 0.29) is 10.2 Å². The van der Waals surface area contributed by atoms with Crippen molar-refractivity contribution in [1.29, 1.82) is 0 Å². The van der Waals surface area contributed by atoms with Gasteiger partial charge in [0.05, 0.1) is 25.3 Å². The van der Waals surface area contributed by atoms with Gasteiger partial charge in [0.2, 0.25) is 10.2 Å². The highest BCUT2D eigenvalue weighted by atomic mass is 32.2. The van der Waals surface area contributed by atoms with E-state index in [9.17, 15) is 19.2 Å². The fraction of sp³-hybridized carbons (Fsp3) is 0.100. The number of nitrogens with zero attached hydrogens (tertiary/aromatic N) is 2. The van der Waals surface area contributed by atoms with Crippen molar-refractivity contribution >= 4 is 57.0 Å². The van der Waals surface area contributed by atoms with Gasteiger partial charge >= 0.3 is 11.9 Å². The van der Waals surface area contributed by atoms with Crippen LogP contribution in [0.3, 0.4) is 0 Å². The van der Waals surface area contributed by atoms with Gasteiger partial charge in [-0.1, -0.05) is 11.3 Å². The minimum Gasteiger partial charge on any atom is -0.465 e. The van der Waals surface area contributed by atoms with Crippen molar-refractivity contribution < 1.29 is 28.7 Å². The first kappa shape index (κ1) is 22.7. The van der Waals surface area contributed by atoms with Crippen molar-refractivity contribution in [2.24, 2.45) is 0 Å². The molecule has 158 valence electrons. The highest BCUT2D eigenvalue weighted by Gasteiger charge is 2.17. The van der Waals surface area contributed by atoms with E-state index in [1.807, 2.05) is 0 Å². The fourth-order valence-electron chi connectivity index (χ4n) is 2.28. The molecule has 0 saturated heterocycles. The Balaban J connectivity index is 1.61. The molecule has 0 fully saturated rings. The van der Waals surface area contributed by atoms with Crippen LogP contribution in [0.2, 0.25) is 0 Å². The lowest BCUT2D eigenvalue weighted by molar-refractivity contribution is 0.0592. The van der Waals surface area contributed by atoms with E-state index < -0.39 is 11.9 Å². The lowest BCUT2D eigenvalue weighted by atomic mass is 10.1. The number of thioether (sulfide) groups is 2. The molecule has 0 aliphatic carbocycles. The van der Waals surface area contributed by atoms with Gasteiger partial charge in [-0.15, -0.1) is 10.2 Å². The molecular formula is C20H14N2O6S3. The normalized spacial score (nSPS) is 10.4. The van der Waals surface area contributed by atoms with Crippen LogP contribution < -0.4 is 0 Å². The molecule has 3 aromatic rings.